The van der Waals surface area contributed by atoms with Crippen LogP contribution in [-0.2, 0) is 6.54 Å². The van der Waals surface area contributed by atoms with Crippen LogP contribution in [0.3, 0.4) is 0 Å². The fourth-order valence-corrected chi connectivity index (χ4v) is 2.26. The Hall–Kier alpha value is -1.40. The largest absolute Gasteiger partial charge is 0.308 e. The lowest BCUT2D eigenvalue weighted by Crippen LogP contribution is -2.14. The van der Waals surface area contributed by atoms with Gasteiger partial charge in [-0.2, -0.15) is 0 Å². The highest BCUT2D eigenvalue weighted by Gasteiger charge is 2.20. The molecule has 0 aromatic carbocycles. The molecule has 0 amide bonds. The molecule has 0 unspecified atom stereocenters. The quantitative estimate of drug-likeness (QED) is 0.901. The molecule has 1 aliphatic carbocycles. The van der Waals surface area contributed by atoms with Crippen LogP contribution in [0.4, 0.5) is 4.39 Å². The molecular weight excluding hydrogens is 239 g/mol. The summed E-state index contributed by atoms with van der Waals surface area (Å²) in [4.78, 5) is 3.80. The molecule has 2 heterocycles. The minimum atomic E-state index is -0.352. The Labute approximate surface area is 102 Å². The van der Waals surface area contributed by atoms with E-state index in [1.165, 1.54) is 36.4 Å². The van der Waals surface area contributed by atoms with Gasteiger partial charge < -0.3 is 5.32 Å². The Bertz CT molecular complexity index is 524. The van der Waals surface area contributed by atoms with Crippen molar-refractivity contribution in [3.8, 4) is 10.6 Å². The first-order chi connectivity index (χ1) is 8.31. The zero-order valence-corrected chi connectivity index (χ0v) is 9.88. The van der Waals surface area contributed by atoms with Gasteiger partial charge in [0.15, 0.2) is 0 Å². The second kappa shape index (κ2) is 4.46. The maximum atomic E-state index is 13.0. The van der Waals surface area contributed by atoms with E-state index in [2.05, 4.69) is 20.5 Å². The summed E-state index contributed by atoms with van der Waals surface area (Å²) >= 11 is 1.47. The molecule has 1 aliphatic rings. The highest BCUT2D eigenvalue weighted by atomic mass is 32.1. The van der Waals surface area contributed by atoms with Crippen LogP contribution in [-0.4, -0.2) is 21.2 Å². The molecule has 0 spiro atoms. The summed E-state index contributed by atoms with van der Waals surface area (Å²) in [6.45, 7) is 0.741. The Kier molecular flexibility index (Phi) is 2.82. The van der Waals surface area contributed by atoms with Gasteiger partial charge in [0.2, 0.25) is 0 Å². The zero-order valence-electron chi connectivity index (χ0n) is 9.06. The SMILES string of the molecule is Fc1cncc(-c2nnc(CNC3CC3)s2)c1. The van der Waals surface area contributed by atoms with Crippen LogP contribution < -0.4 is 5.32 Å². The van der Waals surface area contributed by atoms with Crippen molar-refractivity contribution < 1.29 is 4.39 Å². The molecule has 6 heteroatoms. The minimum Gasteiger partial charge on any atom is -0.308 e. The smallest absolute Gasteiger partial charge is 0.149 e. The molecule has 1 N–H and O–H groups in total. The number of nitrogens with zero attached hydrogens (tertiary/aromatic N) is 3. The Morgan fingerprint density at radius 1 is 1.35 bits per heavy atom. The van der Waals surface area contributed by atoms with Gasteiger partial charge in [-0.1, -0.05) is 11.3 Å². The summed E-state index contributed by atoms with van der Waals surface area (Å²) in [5.41, 5.74) is 0.681. The second-order valence-electron chi connectivity index (χ2n) is 4.05. The summed E-state index contributed by atoms with van der Waals surface area (Å²) in [7, 11) is 0. The molecule has 88 valence electrons. The first kappa shape index (κ1) is 10.7. The highest BCUT2D eigenvalue weighted by molar-refractivity contribution is 7.14. The monoisotopic (exact) mass is 250 g/mol. The molecule has 2 aromatic rings. The number of aromatic nitrogens is 3. The predicted octanol–water partition coefficient (Wildman–Crippen LogP) is 1.99. The highest BCUT2D eigenvalue weighted by Crippen LogP contribution is 2.24. The third-order valence-corrected chi connectivity index (χ3v) is 3.51. The lowest BCUT2D eigenvalue weighted by Gasteiger charge is -1.96. The van der Waals surface area contributed by atoms with Crippen LogP contribution >= 0.6 is 11.3 Å². The van der Waals surface area contributed by atoms with E-state index < -0.39 is 0 Å². The summed E-state index contributed by atoms with van der Waals surface area (Å²) in [5.74, 6) is -0.352. The molecule has 4 nitrogen and oxygen atoms in total. The Morgan fingerprint density at radius 2 is 2.24 bits per heavy atom. The van der Waals surface area contributed by atoms with E-state index in [0.29, 0.717) is 16.6 Å². The van der Waals surface area contributed by atoms with Crippen molar-refractivity contribution in [1.82, 2.24) is 20.5 Å². The fraction of sp³-hybridized carbons (Fsp3) is 0.364. The van der Waals surface area contributed by atoms with Crippen molar-refractivity contribution >= 4 is 11.3 Å². The van der Waals surface area contributed by atoms with Gasteiger partial charge >= 0.3 is 0 Å². The molecule has 0 radical (unpaired) electrons. The average molecular weight is 250 g/mol. The standard InChI is InChI=1S/C11H11FN4S/c12-8-3-7(4-13-5-8)11-16-15-10(17-11)6-14-9-1-2-9/h3-5,9,14H,1-2,6H2. The van der Waals surface area contributed by atoms with E-state index >= 15 is 0 Å². The lowest BCUT2D eigenvalue weighted by molar-refractivity contribution is 0.622. The van der Waals surface area contributed by atoms with E-state index in [1.807, 2.05) is 0 Å². The first-order valence-corrected chi connectivity index (χ1v) is 6.29. The van der Waals surface area contributed by atoms with Gasteiger partial charge in [-0.25, -0.2) is 4.39 Å². The van der Waals surface area contributed by atoms with Crippen molar-refractivity contribution in [2.24, 2.45) is 0 Å². The molecule has 1 saturated carbocycles. The van der Waals surface area contributed by atoms with E-state index in [-0.39, 0.29) is 5.82 Å². The fourth-order valence-electron chi connectivity index (χ4n) is 1.49. The molecule has 0 bridgehead atoms. The third-order valence-electron chi connectivity index (χ3n) is 2.54. The van der Waals surface area contributed by atoms with Crippen molar-refractivity contribution in [2.75, 3.05) is 0 Å². The molecule has 3 rings (SSSR count). The first-order valence-electron chi connectivity index (χ1n) is 5.48. The van der Waals surface area contributed by atoms with Gasteiger partial charge in [0.05, 0.1) is 6.20 Å². The number of halogens is 1. The van der Waals surface area contributed by atoms with E-state index in [0.717, 1.165) is 11.6 Å². The number of hydrogen-bond acceptors (Lipinski definition) is 5. The molecule has 2 aromatic heterocycles. The molecule has 1 fully saturated rings. The van der Waals surface area contributed by atoms with Gasteiger partial charge in [0, 0.05) is 24.3 Å². The Morgan fingerprint density at radius 3 is 3.00 bits per heavy atom. The number of hydrogen-bond donors (Lipinski definition) is 1. The number of pyridine rings is 1. The van der Waals surface area contributed by atoms with Crippen molar-refractivity contribution in [2.45, 2.75) is 25.4 Å². The van der Waals surface area contributed by atoms with Crippen LogP contribution in [0.1, 0.15) is 17.8 Å². The number of nitrogens with one attached hydrogen (secondary N) is 1. The van der Waals surface area contributed by atoms with Crippen LogP contribution in [0.25, 0.3) is 10.6 Å². The van der Waals surface area contributed by atoms with E-state index in [4.69, 9.17) is 0 Å². The van der Waals surface area contributed by atoms with Gasteiger partial charge in [0.1, 0.15) is 15.8 Å². The van der Waals surface area contributed by atoms with Crippen molar-refractivity contribution in [3.05, 3.63) is 29.3 Å². The predicted molar refractivity (Wildman–Crippen MR) is 63.0 cm³/mol. The van der Waals surface area contributed by atoms with Crippen molar-refractivity contribution in [3.63, 3.8) is 0 Å². The van der Waals surface area contributed by atoms with Crippen molar-refractivity contribution in [1.29, 1.82) is 0 Å². The molecular formula is C11H11FN4S. The number of rotatable bonds is 4. The minimum absolute atomic E-state index is 0.352. The normalized spacial score (nSPS) is 15.1. The maximum absolute atomic E-state index is 13.0. The van der Waals surface area contributed by atoms with Crippen LogP contribution in [0.5, 0.6) is 0 Å². The average Bonchev–Trinajstić information content (AvgIpc) is 3.04. The molecule has 0 aliphatic heterocycles. The second-order valence-corrected chi connectivity index (χ2v) is 5.11. The van der Waals surface area contributed by atoms with Gasteiger partial charge in [-0.05, 0) is 18.9 Å². The van der Waals surface area contributed by atoms with Crippen LogP contribution in [0.15, 0.2) is 18.5 Å². The lowest BCUT2D eigenvalue weighted by atomic mass is 10.3. The molecule has 17 heavy (non-hydrogen) atoms. The van der Waals surface area contributed by atoms with Gasteiger partial charge in [-0.15, -0.1) is 10.2 Å². The third kappa shape index (κ3) is 2.65. The molecule has 0 saturated heterocycles. The van der Waals surface area contributed by atoms with E-state index in [1.54, 1.807) is 6.20 Å². The summed E-state index contributed by atoms with van der Waals surface area (Å²) in [6.07, 6.45) is 5.28. The zero-order chi connectivity index (χ0) is 11.7. The maximum Gasteiger partial charge on any atom is 0.149 e. The topological polar surface area (TPSA) is 50.7 Å². The van der Waals surface area contributed by atoms with E-state index in [9.17, 15) is 4.39 Å². The summed E-state index contributed by atoms with van der Waals surface area (Å²) in [6, 6.07) is 2.07. The summed E-state index contributed by atoms with van der Waals surface area (Å²) < 4.78 is 13.0. The van der Waals surface area contributed by atoms with Gasteiger partial charge in [-0.3, -0.25) is 4.98 Å². The molecule has 0 atom stereocenters. The Balaban J connectivity index is 1.74. The van der Waals surface area contributed by atoms with Crippen LogP contribution in [0.2, 0.25) is 0 Å². The van der Waals surface area contributed by atoms with Crippen LogP contribution in [0, 0.1) is 5.82 Å². The summed E-state index contributed by atoms with van der Waals surface area (Å²) in [5, 5.41) is 13.1. The van der Waals surface area contributed by atoms with Gasteiger partial charge in [0.25, 0.3) is 0 Å².